The molecule has 0 aromatic heterocycles. The third-order valence-corrected chi connectivity index (χ3v) is 7.03. The number of halogens is 2. The second-order valence-corrected chi connectivity index (χ2v) is 9.62. The zero-order valence-electron chi connectivity index (χ0n) is 15.5. The molecule has 1 aliphatic heterocycles. The molecule has 29 heavy (non-hydrogen) atoms. The van der Waals surface area contributed by atoms with Crippen LogP contribution in [0.1, 0.15) is 24.0 Å². The lowest BCUT2D eigenvalue weighted by molar-refractivity contribution is -0.122. The van der Waals surface area contributed by atoms with Gasteiger partial charge in [0.2, 0.25) is 0 Å². The van der Waals surface area contributed by atoms with Gasteiger partial charge >= 0.3 is 0 Å². The molecule has 1 heterocycles. The van der Waals surface area contributed by atoms with Crippen molar-refractivity contribution in [2.75, 3.05) is 7.11 Å². The fourth-order valence-corrected chi connectivity index (χ4v) is 4.99. The summed E-state index contributed by atoms with van der Waals surface area (Å²) in [5.41, 5.74) is 1.71. The van der Waals surface area contributed by atoms with Gasteiger partial charge in [0.15, 0.2) is 11.5 Å². The fraction of sp³-hybridized carbons (Fsp3) is 0.238. The van der Waals surface area contributed by atoms with Crippen LogP contribution < -0.4 is 9.47 Å². The average molecular weight is 511 g/mol. The Hall–Kier alpha value is -1.54. The highest BCUT2D eigenvalue weighted by atomic mass is 79.9. The van der Waals surface area contributed by atoms with Crippen molar-refractivity contribution in [3.8, 4) is 11.5 Å². The third kappa shape index (κ3) is 4.48. The molecule has 0 unspecified atom stereocenters. The molecule has 0 atom stereocenters. The van der Waals surface area contributed by atoms with Gasteiger partial charge in [-0.25, -0.2) is 0 Å². The van der Waals surface area contributed by atoms with E-state index in [9.17, 15) is 4.79 Å². The number of thioether (sulfide) groups is 1. The molecule has 8 heteroatoms. The number of methoxy groups -OCH3 is 1. The van der Waals surface area contributed by atoms with Crippen molar-refractivity contribution >= 4 is 67.8 Å². The first-order valence-corrected chi connectivity index (χ1v) is 11.4. The van der Waals surface area contributed by atoms with Crippen LogP contribution in [0, 0.1) is 0 Å². The molecule has 0 radical (unpaired) electrons. The predicted octanol–water partition coefficient (Wildman–Crippen LogP) is 6.05. The highest BCUT2D eigenvalue weighted by Gasteiger charge is 2.42. The highest BCUT2D eigenvalue weighted by molar-refractivity contribution is 9.10. The standard InChI is InChI=1S/C21H17BrClNO3S2/c1-26-17-8-13(9-19-20(25)24(14-6-7-14)21(28)29-19)15(22)10-18(17)27-11-12-4-2-3-5-16(12)23/h2-5,8-10,14H,6-7,11H2,1H3/b19-9-. The van der Waals surface area contributed by atoms with E-state index in [1.807, 2.05) is 42.5 Å². The summed E-state index contributed by atoms with van der Waals surface area (Å²) in [6.45, 7) is 0.321. The molecule has 1 saturated carbocycles. The predicted molar refractivity (Wildman–Crippen MR) is 125 cm³/mol. The van der Waals surface area contributed by atoms with Gasteiger partial charge in [-0.2, -0.15) is 0 Å². The summed E-state index contributed by atoms with van der Waals surface area (Å²) in [4.78, 5) is 15.0. The SMILES string of the molecule is COc1cc(/C=C2\SC(=S)N(C3CC3)C2=O)c(Br)cc1OCc1ccccc1Cl. The molecule has 0 bridgehead atoms. The highest BCUT2D eigenvalue weighted by Crippen LogP contribution is 2.42. The molecule has 150 valence electrons. The van der Waals surface area contributed by atoms with E-state index in [1.54, 1.807) is 12.0 Å². The molecule has 1 saturated heterocycles. The van der Waals surface area contributed by atoms with Crippen LogP contribution in [0.25, 0.3) is 6.08 Å². The Morgan fingerprint density at radius 1 is 1.31 bits per heavy atom. The quantitative estimate of drug-likeness (QED) is 0.349. The van der Waals surface area contributed by atoms with E-state index in [0.717, 1.165) is 28.4 Å². The second kappa shape index (κ2) is 8.68. The summed E-state index contributed by atoms with van der Waals surface area (Å²) in [6.07, 6.45) is 3.88. The summed E-state index contributed by atoms with van der Waals surface area (Å²) < 4.78 is 12.9. The van der Waals surface area contributed by atoms with Crippen molar-refractivity contribution in [1.29, 1.82) is 0 Å². The van der Waals surface area contributed by atoms with E-state index >= 15 is 0 Å². The molecule has 4 rings (SSSR count). The lowest BCUT2D eigenvalue weighted by Crippen LogP contribution is -2.30. The van der Waals surface area contributed by atoms with Crippen LogP contribution in [0.4, 0.5) is 0 Å². The minimum absolute atomic E-state index is 0.0209. The number of benzene rings is 2. The maximum absolute atomic E-state index is 12.7. The monoisotopic (exact) mass is 509 g/mol. The van der Waals surface area contributed by atoms with Crippen molar-refractivity contribution in [1.82, 2.24) is 4.90 Å². The van der Waals surface area contributed by atoms with E-state index in [-0.39, 0.29) is 11.9 Å². The normalized spacial score (nSPS) is 17.9. The van der Waals surface area contributed by atoms with E-state index in [2.05, 4.69) is 15.9 Å². The van der Waals surface area contributed by atoms with Gasteiger partial charge in [-0.15, -0.1) is 0 Å². The number of hydrogen-bond acceptors (Lipinski definition) is 5. The Morgan fingerprint density at radius 2 is 2.07 bits per heavy atom. The van der Waals surface area contributed by atoms with Crippen LogP contribution >= 0.6 is 51.5 Å². The van der Waals surface area contributed by atoms with Gasteiger partial charge in [0.05, 0.1) is 12.0 Å². The van der Waals surface area contributed by atoms with Gasteiger partial charge in [0, 0.05) is 21.1 Å². The van der Waals surface area contributed by atoms with Crippen molar-refractivity contribution in [2.24, 2.45) is 0 Å². The molecule has 2 fully saturated rings. The molecule has 2 aliphatic rings. The van der Waals surface area contributed by atoms with Gasteiger partial charge in [-0.05, 0) is 42.7 Å². The Labute approximate surface area is 192 Å². The third-order valence-electron chi connectivity index (χ3n) is 4.65. The molecule has 4 nitrogen and oxygen atoms in total. The first-order valence-electron chi connectivity index (χ1n) is 8.98. The van der Waals surface area contributed by atoms with Crippen LogP contribution in [0.2, 0.25) is 5.02 Å². The smallest absolute Gasteiger partial charge is 0.266 e. The number of carbonyl (C=O) groups is 1. The summed E-state index contributed by atoms with van der Waals surface area (Å²) >= 11 is 16.5. The number of carbonyl (C=O) groups excluding carboxylic acids is 1. The first-order chi connectivity index (χ1) is 14.0. The molecular weight excluding hydrogens is 494 g/mol. The molecule has 1 amide bonds. The van der Waals surface area contributed by atoms with Gasteiger partial charge < -0.3 is 9.47 Å². The van der Waals surface area contributed by atoms with Crippen LogP contribution in [-0.2, 0) is 11.4 Å². The van der Waals surface area contributed by atoms with E-state index in [0.29, 0.717) is 32.4 Å². The molecule has 1 aliphatic carbocycles. The summed E-state index contributed by atoms with van der Waals surface area (Å²) in [7, 11) is 1.59. The Morgan fingerprint density at radius 3 is 2.76 bits per heavy atom. The summed E-state index contributed by atoms with van der Waals surface area (Å²) in [5.74, 6) is 1.14. The van der Waals surface area contributed by atoms with Crippen molar-refractivity contribution < 1.29 is 14.3 Å². The van der Waals surface area contributed by atoms with Crippen molar-refractivity contribution in [3.05, 3.63) is 61.9 Å². The lowest BCUT2D eigenvalue weighted by atomic mass is 10.1. The number of ether oxygens (including phenoxy) is 2. The number of rotatable bonds is 6. The van der Waals surface area contributed by atoms with Crippen molar-refractivity contribution in [2.45, 2.75) is 25.5 Å². The van der Waals surface area contributed by atoms with Gasteiger partial charge in [-0.1, -0.05) is 69.7 Å². The molecule has 0 spiro atoms. The number of thiocarbonyl (C=S) groups is 1. The van der Waals surface area contributed by atoms with E-state index < -0.39 is 0 Å². The van der Waals surface area contributed by atoms with Crippen LogP contribution in [0.15, 0.2) is 45.8 Å². The second-order valence-electron chi connectivity index (χ2n) is 6.69. The van der Waals surface area contributed by atoms with Gasteiger partial charge in [0.1, 0.15) is 10.9 Å². The number of hydrogen-bond donors (Lipinski definition) is 0. The lowest BCUT2D eigenvalue weighted by Gasteiger charge is -2.14. The van der Waals surface area contributed by atoms with Crippen LogP contribution in [-0.4, -0.2) is 28.3 Å². The topological polar surface area (TPSA) is 38.8 Å². The fourth-order valence-electron chi connectivity index (χ4n) is 2.97. The number of amides is 1. The molecule has 2 aromatic rings. The van der Waals surface area contributed by atoms with E-state index in [1.165, 1.54) is 11.8 Å². The first kappa shape index (κ1) is 20.7. The van der Waals surface area contributed by atoms with Crippen molar-refractivity contribution in [3.63, 3.8) is 0 Å². The molecular formula is C21H17BrClNO3S2. The Bertz CT molecular complexity index is 1020. The molecule has 0 N–H and O–H groups in total. The maximum Gasteiger partial charge on any atom is 0.266 e. The summed E-state index contributed by atoms with van der Waals surface area (Å²) in [6, 6.07) is 11.5. The summed E-state index contributed by atoms with van der Waals surface area (Å²) in [5, 5.41) is 0.653. The van der Waals surface area contributed by atoms with E-state index in [4.69, 9.17) is 33.3 Å². The average Bonchev–Trinajstić information content (AvgIpc) is 3.49. The van der Waals surface area contributed by atoms with Crippen LogP contribution in [0.5, 0.6) is 11.5 Å². The largest absolute Gasteiger partial charge is 0.493 e. The Balaban J connectivity index is 1.57. The van der Waals surface area contributed by atoms with Crippen LogP contribution in [0.3, 0.4) is 0 Å². The zero-order chi connectivity index (χ0) is 20.5. The minimum atomic E-state index is -0.0209. The molecule has 2 aromatic carbocycles. The Kier molecular flexibility index (Phi) is 6.20. The van der Waals surface area contributed by atoms with Gasteiger partial charge in [-0.3, -0.25) is 9.69 Å². The zero-order valence-corrected chi connectivity index (χ0v) is 19.5. The number of nitrogens with zero attached hydrogens (tertiary/aromatic N) is 1. The van der Waals surface area contributed by atoms with Gasteiger partial charge in [0.25, 0.3) is 5.91 Å². The maximum atomic E-state index is 12.7. The minimum Gasteiger partial charge on any atom is -0.493 e.